The summed E-state index contributed by atoms with van der Waals surface area (Å²) >= 11 is 0. The van der Waals surface area contributed by atoms with E-state index < -0.39 is 18.5 Å². The van der Waals surface area contributed by atoms with Gasteiger partial charge < -0.3 is 10.1 Å². The number of hydrogen-bond donors (Lipinski definition) is 1. The molecule has 30 heavy (non-hydrogen) atoms. The Bertz CT molecular complexity index is 1240. The van der Waals surface area contributed by atoms with Crippen molar-refractivity contribution in [1.29, 1.82) is 0 Å². The molecule has 4 aromatic rings. The van der Waals surface area contributed by atoms with Gasteiger partial charge in [0.2, 0.25) is 0 Å². The summed E-state index contributed by atoms with van der Waals surface area (Å²) in [7, 11) is 0. The number of fused-ring (bicyclic) bond motifs is 2. The summed E-state index contributed by atoms with van der Waals surface area (Å²) < 4.78 is 5.34. The Labute approximate surface area is 173 Å². The highest BCUT2D eigenvalue weighted by atomic mass is 16.5. The molecule has 5 heteroatoms. The molecule has 5 nitrogen and oxygen atoms in total. The van der Waals surface area contributed by atoms with Gasteiger partial charge in [-0.25, -0.2) is 4.79 Å². The normalized spacial score (nSPS) is 10.7. The Morgan fingerprint density at radius 3 is 2.07 bits per heavy atom. The molecule has 4 aromatic carbocycles. The summed E-state index contributed by atoms with van der Waals surface area (Å²) in [6.45, 7) is 1.03. The van der Waals surface area contributed by atoms with E-state index >= 15 is 0 Å². The Balaban J connectivity index is 1.55. The van der Waals surface area contributed by atoms with Crippen LogP contribution >= 0.6 is 0 Å². The maximum Gasteiger partial charge on any atom is 0.339 e. The predicted molar refractivity (Wildman–Crippen MR) is 117 cm³/mol. The van der Waals surface area contributed by atoms with E-state index in [4.69, 9.17) is 4.74 Å². The summed E-state index contributed by atoms with van der Waals surface area (Å²) in [5.74, 6) is -1.13. The van der Waals surface area contributed by atoms with Crippen LogP contribution in [-0.2, 0) is 9.53 Å². The largest absolute Gasteiger partial charge is 0.452 e. The molecule has 148 valence electrons. The molecular weight excluding hydrogens is 378 g/mol. The summed E-state index contributed by atoms with van der Waals surface area (Å²) in [6.07, 6.45) is 0. The van der Waals surface area contributed by atoms with Crippen molar-refractivity contribution < 1.29 is 19.1 Å². The number of esters is 1. The van der Waals surface area contributed by atoms with Crippen molar-refractivity contribution in [2.45, 2.75) is 6.92 Å². The van der Waals surface area contributed by atoms with Gasteiger partial charge in [-0.3, -0.25) is 9.59 Å². The Kier molecular flexibility index (Phi) is 5.26. The monoisotopic (exact) mass is 397 g/mol. The lowest BCUT2D eigenvalue weighted by molar-refractivity contribution is -0.119. The molecule has 0 aliphatic heterocycles. The number of rotatable bonds is 5. The highest BCUT2D eigenvalue weighted by Gasteiger charge is 2.17. The lowest BCUT2D eigenvalue weighted by atomic mass is 9.97. The predicted octanol–water partition coefficient (Wildman–Crippen LogP) is 4.99. The van der Waals surface area contributed by atoms with E-state index in [-0.39, 0.29) is 5.78 Å². The summed E-state index contributed by atoms with van der Waals surface area (Å²) in [5.41, 5.74) is 1.40. The fourth-order valence-corrected chi connectivity index (χ4v) is 3.45. The first-order chi connectivity index (χ1) is 14.5. The molecule has 0 atom stereocenters. The molecule has 0 bridgehead atoms. The summed E-state index contributed by atoms with van der Waals surface area (Å²) in [6, 6.07) is 23.8. The minimum Gasteiger partial charge on any atom is -0.452 e. The van der Waals surface area contributed by atoms with E-state index in [1.165, 1.54) is 6.92 Å². The van der Waals surface area contributed by atoms with Crippen molar-refractivity contribution in [2.75, 3.05) is 11.9 Å². The van der Waals surface area contributed by atoms with E-state index in [2.05, 4.69) is 5.32 Å². The zero-order chi connectivity index (χ0) is 21.1. The highest BCUT2D eigenvalue weighted by Crippen LogP contribution is 2.29. The summed E-state index contributed by atoms with van der Waals surface area (Å²) in [4.78, 5) is 36.7. The SMILES string of the molecule is CC(=O)c1cccc(NC(=O)COC(=O)c2c3ccccc3cc3ccccc23)c1. The molecule has 0 aliphatic carbocycles. The molecule has 0 spiro atoms. The third-order valence-electron chi connectivity index (χ3n) is 4.86. The number of amides is 1. The Hall–Kier alpha value is -3.99. The molecule has 0 unspecified atom stereocenters. The molecule has 0 saturated carbocycles. The maximum absolute atomic E-state index is 12.9. The number of anilines is 1. The minimum atomic E-state index is -0.560. The lowest BCUT2D eigenvalue weighted by Crippen LogP contribution is -2.21. The van der Waals surface area contributed by atoms with Crippen LogP contribution in [0.3, 0.4) is 0 Å². The molecule has 0 saturated heterocycles. The average molecular weight is 397 g/mol. The minimum absolute atomic E-state index is 0.0969. The van der Waals surface area contributed by atoms with Gasteiger partial charge in [0.05, 0.1) is 5.56 Å². The standard InChI is InChI=1S/C25H19NO4/c1-16(27)17-9-6-10-20(14-17)26-23(28)15-30-25(29)24-21-11-4-2-7-18(21)13-19-8-3-5-12-22(19)24/h2-14H,15H2,1H3,(H,26,28). The number of ether oxygens (including phenoxy) is 1. The van der Waals surface area contributed by atoms with Gasteiger partial charge in [0.25, 0.3) is 5.91 Å². The summed E-state index contributed by atoms with van der Waals surface area (Å²) in [5, 5.41) is 6.05. The fourth-order valence-electron chi connectivity index (χ4n) is 3.45. The van der Waals surface area contributed by atoms with E-state index in [1.54, 1.807) is 24.3 Å². The van der Waals surface area contributed by atoms with Gasteiger partial charge in [0, 0.05) is 11.3 Å². The zero-order valence-corrected chi connectivity index (χ0v) is 16.3. The van der Waals surface area contributed by atoms with Crippen LogP contribution in [0.1, 0.15) is 27.6 Å². The molecule has 1 amide bonds. The number of nitrogens with one attached hydrogen (secondary N) is 1. The first kappa shape index (κ1) is 19.3. The topological polar surface area (TPSA) is 72.5 Å². The van der Waals surface area contributed by atoms with Crippen molar-refractivity contribution in [3.8, 4) is 0 Å². The second kappa shape index (κ2) is 8.17. The van der Waals surface area contributed by atoms with Gasteiger partial charge in [-0.15, -0.1) is 0 Å². The Morgan fingerprint density at radius 1 is 0.800 bits per heavy atom. The van der Waals surface area contributed by atoms with Crippen LogP contribution in [0.2, 0.25) is 0 Å². The molecule has 0 aliphatic rings. The molecule has 0 aromatic heterocycles. The van der Waals surface area contributed by atoms with Crippen molar-refractivity contribution in [3.63, 3.8) is 0 Å². The lowest BCUT2D eigenvalue weighted by Gasteiger charge is -2.12. The molecule has 0 fully saturated rings. The second-order valence-electron chi connectivity index (χ2n) is 6.96. The van der Waals surface area contributed by atoms with Gasteiger partial charge in [-0.1, -0.05) is 60.7 Å². The van der Waals surface area contributed by atoms with E-state index in [0.29, 0.717) is 16.8 Å². The smallest absolute Gasteiger partial charge is 0.339 e. The van der Waals surface area contributed by atoms with Gasteiger partial charge in [-0.05, 0) is 46.7 Å². The number of Topliss-reactive ketones (excluding diaryl/α,β-unsaturated/α-hetero) is 1. The second-order valence-corrected chi connectivity index (χ2v) is 6.96. The first-order valence-corrected chi connectivity index (χ1v) is 9.51. The van der Waals surface area contributed by atoms with Crippen molar-refractivity contribution in [1.82, 2.24) is 0 Å². The molecule has 1 N–H and O–H groups in total. The van der Waals surface area contributed by atoms with E-state index in [0.717, 1.165) is 21.5 Å². The Morgan fingerprint density at radius 2 is 1.43 bits per heavy atom. The zero-order valence-electron chi connectivity index (χ0n) is 16.3. The number of ketones is 1. The highest BCUT2D eigenvalue weighted by molar-refractivity contribution is 6.16. The van der Waals surface area contributed by atoms with Crippen LogP contribution in [0.15, 0.2) is 78.9 Å². The average Bonchev–Trinajstić information content (AvgIpc) is 2.76. The van der Waals surface area contributed by atoms with Crippen LogP contribution in [0.5, 0.6) is 0 Å². The molecule has 4 rings (SSSR count). The van der Waals surface area contributed by atoms with E-state index in [1.807, 2.05) is 54.6 Å². The van der Waals surface area contributed by atoms with Crippen LogP contribution in [-0.4, -0.2) is 24.3 Å². The quantitative estimate of drug-likeness (QED) is 0.292. The number of carbonyl (C=O) groups excluding carboxylic acids is 3. The van der Waals surface area contributed by atoms with Gasteiger partial charge in [0.15, 0.2) is 12.4 Å². The molecule has 0 radical (unpaired) electrons. The van der Waals surface area contributed by atoms with Gasteiger partial charge in [-0.2, -0.15) is 0 Å². The third kappa shape index (κ3) is 3.91. The van der Waals surface area contributed by atoms with Crippen molar-refractivity contribution in [3.05, 3.63) is 90.0 Å². The van der Waals surface area contributed by atoms with Crippen LogP contribution < -0.4 is 5.32 Å². The fraction of sp³-hybridized carbons (Fsp3) is 0.0800. The third-order valence-corrected chi connectivity index (χ3v) is 4.86. The maximum atomic E-state index is 12.9. The number of benzene rings is 4. The van der Waals surface area contributed by atoms with Crippen LogP contribution in [0.4, 0.5) is 5.69 Å². The van der Waals surface area contributed by atoms with Gasteiger partial charge in [0.1, 0.15) is 0 Å². The van der Waals surface area contributed by atoms with Crippen LogP contribution in [0.25, 0.3) is 21.5 Å². The van der Waals surface area contributed by atoms with E-state index in [9.17, 15) is 14.4 Å². The van der Waals surface area contributed by atoms with Crippen molar-refractivity contribution in [2.24, 2.45) is 0 Å². The molecular formula is C25H19NO4. The van der Waals surface area contributed by atoms with Crippen molar-refractivity contribution >= 4 is 44.9 Å². The first-order valence-electron chi connectivity index (χ1n) is 9.51. The van der Waals surface area contributed by atoms with Gasteiger partial charge >= 0.3 is 5.97 Å². The number of hydrogen-bond acceptors (Lipinski definition) is 4. The van der Waals surface area contributed by atoms with Crippen LogP contribution in [0, 0.1) is 0 Å². The molecule has 0 heterocycles. The number of carbonyl (C=O) groups is 3.